The fourth-order valence-electron chi connectivity index (χ4n) is 1.16. The van der Waals surface area contributed by atoms with Gasteiger partial charge in [-0.15, -0.1) is 6.58 Å². The molecule has 0 atom stereocenters. The monoisotopic (exact) mass is 229 g/mol. The van der Waals surface area contributed by atoms with Crippen molar-refractivity contribution >= 4 is 0 Å². The van der Waals surface area contributed by atoms with Gasteiger partial charge in [0.25, 0.3) is 0 Å². The lowest BCUT2D eigenvalue weighted by atomic mass is 10.0. The molecule has 0 saturated heterocycles. The maximum Gasteiger partial charge on any atom is 0.0600 e. The first-order chi connectivity index (χ1) is 8.01. The number of rotatable bonds is 5. The Bertz CT molecular complexity index is 383. The Kier molecular flexibility index (Phi) is 7.84. The summed E-state index contributed by atoms with van der Waals surface area (Å²) in [6.07, 6.45) is 6.79. The molecular formula is C16H23N. The molecule has 0 aliphatic rings. The van der Waals surface area contributed by atoms with E-state index in [2.05, 4.69) is 38.0 Å². The molecule has 0 aliphatic heterocycles. The number of nitrogens with zero attached hydrogens (tertiary/aromatic N) is 1. The predicted molar refractivity (Wildman–Crippen MR) is 77.8 cm³/mol. The molecule has 1 nitrogen and oxygen atoms in total. The lowest BCUT2D eigenvalue weighted by Crippen LogP contribution is -2.10. The Hall–Kier alpha value is -1.52. The van der Waals surface area contributed by atoms with Gasteiger partial charge in [0, 0.05) is 5.57 Å². The average Bonchev–Trinajstić information content (AvgIpc) is 2.27. The zero-order chi connectivity index (χ0) is 13.3. The van der Waals surface area contributed by atoms with Crippen molar-refractivity contribution in [2.75, 3.05) is 20.6 Å². The van der Waals surface area contributed by atoms with E-state index in [9.17, 15) is 0 Å². The lowest BCUT2D eigenvalue weighted by Gasteiger charge is -2.03. The normalized spacial score (nSPS) is 12.1. The van der Waals surface area contributed by atoms with Crippen LogP contribution in [0.15, 0.2) is 48.1 Å². The minimum absolute atomic E-state index is 0.776. The lowest BCUT2D eigenvalue weighted by molar-refractivity contribution is 0.464. The zero-order valence-corrected chi connectivity index (χ0v) is 11.5. The second kappa shape index (κ2) is 8.61. The van der Waals surface area contributed by atoms with Gasteiger partial charge in [0.2, 0.25) is 0 Å². The van der Waals surface area contributed by atoms with Gasteiger partial charge in [-0.25, -0.2) is 0 Å². The molecule has 0 spiro atoms. The van der Waals surface area contributed by atoms with E-state index >= 15 is 0 Å². The second-order valence-electron chi connectivity index (χ2n) is 4.21. The van der Waals surface area contributed by atoms with Crippen molar-refractivity contribution in [3.63, 3.8) is 0 Å². The molecule has 0 rings (SSSR count). The molecular weight excluding hydrogens is 206 g/mol. The summed E-state index contributed by atoms with van der Waals surface area (Å²) in [5.74, 6) is 6.28. The van der Waals surface area contributed by atoms with Crippen LogP contribution in [-0.2, 0) is 0 Å². The van der Waals surface area contributed by atoms with Crippen LogP contribution < -0.4 is 0 Å². The van der Waals surface area contributed by atoms with E-state index in [1.165, 1.54) is 0 Å². The van der Waals surface area contributed by atoms with Gasteiger partial charge in [0.15, 0.2) is 0 Å². The molecule has 0 aromatic carbocycles. The molecule has 0 radical (unpaired) electrons. The SMILES string of the molecule is C=CCC(=C)/C(C)=C/C(C#CCN(C)C)=C\C. The van der Waals surface area contributed by atoms with Gasteiger partial charge in [-0.05, 0) is 51.6 Å². The summed E-state index contributed by atoms with van der Waals surface area (Å²) in [6, 6.07) is 0. The Morgan fingerprint density at radius 1 is 1.35 bits per heavy atom. The summed E-state index contributed by atoms with van der Waals surface area (Å²) in [7, 11) is 4.02. The van der Waals surface area contributed by atoms with Crippen LogP contribution in [0.4, 0.5) is 0 Å². The zero-order valence-electron chi connectivity index (χ0n) is 11.5. The van der Waals surface area contributed by atoms with Gasteiger partial charge < -0.3 is 0 Å². The fourth-order valence-corrected chi connectivity index (χ4v) is 1.16. The van der Waals surface area contributed by atoms with E-state index in [4.69, 9.17) is 0 Å². The van der Waals surface area contributed by atoms with Crippen LogP contribution in [0.5, 0.6) is 0 Å². The summed E-state index contributed by atoms with van der Waals surface area (Å²) in [6.45, 7) is 12.6. The molecule has 0 aromatic heterocycles. The highest BCUT2D eigenvalue weighted by Crippen LogP contribution is 2.13. The summed E-state index contributed by atoms with van der Waals surface area (Å²) in [4.78, 5) is 2.05. The van der Waals surface area contributed by atoms with Crippen LogP contribution in [0.3, 0.4) is 0 Å². The smallest absolute Gasteiger partial charge is 0.0600 e. The molecule has 0 saturated carbocycles. The highest BCUT2D eigenvalue weighted by atomic mass is 15.0. The third kappa shape index (κ3) is 7.38. The van der Waals surface area contributed by atoms with Crippen molar-refractivity contribution in [2.45, 2.75) is 20.3 Å². The fraction of sp³-hybridized carbons (Fsp3) is 0.375. The van der Waals surface area contributed by atoms with E-state index in [0.717, 1.165) is 29.7 Å². The minimum atomic E-state index is 0.776. The van der Waals surface area contributed by atoms with Crippen LogP contribution in [0.1, 0.15) is 20.3 Å². The van der Waals surface area contributed by atoms with Crippen LogP contribution in [0.25, 0.3) is 0 Å². The molecule has 0 fully saturated rings. The molecule has 0 N–H and O–H groups in total. The Labute approximate surface area is 106 Å². The number of allylic oxidation sites excluding steroid dienone is 6. The summed E-state index contributed by atoms with van der Waals surface area (Å²) in [5.41, 5.74) is 3.29. The summed E-state index contributed by atoms with van der Waals surface area (Å²) in [5, 5.41) is 0. The van der Waals surface area contributed by atoms with Gasteiger partial charge in [-0.3, -0.25) is 4.90 Å². The third-order valence-electron chi connectivity index (χ3n) is 2.26. The first-order valence-electron chi connectivity index (χ1n) is 5.78. The topological polar surface area (TPSA) is 3.24 Å². The Balaban J connectivity index is 4.68. The second-order valence-corrected chi connectivity index (χ2v) is 4.21. The molecule has 17 heavy (non-hydrogen) atoms. The van der Waals surface area contributed by atoms with Crippen LogP contribution in [0, 0.1) is 11.8 Å². The molecule has 0 amide bonds. The molecule has 92 valence electrons. The predicted octanol–water partition coefficient (Wildman–Crippen LogP) is 3.58. The van der Waals surface area contributed by atoms with Gasteiger partial charge in [0.1, 0.15) is 0 Å². The summed E-state index contributed by atoms with van der Waals surface area (Å²) < 4.78 is 0. The molecule has 1 heteroatoms. The maximum atomic E-state index is 4.02. The number of hydrogen-bond donors (Lipinski definition) is 0. The molecule has 0 unspecified atom stereocenters. The largest absolute Gasteiger partial charge is 0.299 e. The molecule has 0 aromatic rings. The Morgan fingerprint density at radius 3 is 2.47 bits per heavy atom. The van der Waals surface area contributed by atoms with Gasteiger partial charge in [-0.1, -0.05) is 30.6 Å². The number of hydrogen-bond acceptors (Lipinski definition) is 1. The molecule has 0 aliphatic carbocycles. The van der Waals surface area contributed by atoms with Crippen molar-refractivity contribution in [1.29, 1.82) is 0 Å². The molecule has 0 bridgehead atoms. The van der Waals surface area contributed by atoms with Crippen molar-refractivity contribution in [2.24, 2.45) is 0 Å². The van der Waals surface area contributed by atoms with Crippen molar-refractivity contribution in [3.05, 3.63) is 48.1 Å². The summed E-state index contributed by atoms with van der Waals surface area (Å²) >= 11 is 0. The quantitative estimate of drug-likeness (QED) is 0.396. The Morgan fingerprint density at radius 2 is 2.00 bits per heavy atom. The first kappa shape index (κ1) is 15.5. The van der Waals surface area contributed by atoms with E-state index in [0.29, 0.717) is 0 Å². The van der Waals surface area contributed by atoms with E-state index < -0.39 is 0 Å². The van der Waals surface area contributed by atoms with Crippen LogP contribution in [-0.4, -0.2) is 25.5 Å². The standard InChI is InChI=1S/C16H23N/c1-7-10-14(3)15(4)13-16(8-2)11-9-12-17(5)6/h7-8,13H,1,3,10,12H2,2,4-6H3/b15-13+,16-8-. The minimum Gasteiger partial charge on any atom is -0.299 e. The average molecular weight is 229 g/mol. The highest BCUT2D eigenvalue weighted by Gasteiger charge is 1.95. The maximum absolute atomic E-state index is 4.02. The van der Waals surface area contributed by atoms with Crippen molar-refractivity contribution < 1.29 is 0 Å². The highest BCUT2D eigenvalue weighted by molar-refractivity contribution is 5.44. The van der Waals surface area contributed by atoms with Crippen molar-refractivity contribution in [3.8, 4) is 11.8 Å². The van der Waals surface area contributed by atoms with E-state index in [1.807, 2.05) is 38.1 Å². The van der Waals surface area contributed by atoms with Crippen molar-refractivity contribution in [1.82, 2.24) is 4.90 Å². The third-order valence-corrected chi connectivity index (χ3v) is 2.26. The first-order valence-corrected chi connectivity index (χ1v) is 5.78. The van der Waals surface area contributed by atoms with Crippen LogP contribution >= 0.6 is 0 Å². The van der Waals surface area contributed by atoms with Gasteiger partial charge in [-0.2, -0.15) is 0 Å². The van der Waals surface area contributed by atoms with Gasteiger partial charge >= 0.3 is 0 Å². The van der Waals surface area contributed by atoms with E-state index in [-0.39, 0.29) is 0 Å². The van der Waals surface area contributed by atoms with Gasteiger partial charge in [0.05, 0.1) is 6.54 Å². The van der Waals surface area contributed by atoms with Crippen LogP contribution in [0.2, 0.25) is 0 Å². The van der Waals surface area contributed by atoms with E-state index in [1.54, 1.807) is 0 Å². The molecule has 0 heterocycles.